The molecule has 0 fully saturated rings. The Morgan fingerprint density at radius 1 is 1.10 bits per heavy atom. The highest BCUT2D eigenvalue weighted by Gasteiger charge is 2.10. The minimum absolute atomic E-state index is 0.415. The number of rotatable bonds is 7. The van der Waals surface area contributed by atoms with Crippen LogP contribution in [0.25, 0.3) is 0 Å². The van der Waals surface area contributed by atoms with Crippen LogP contribution in [0.1, 0.15) is 36.1 Å². The van der Waals surface area contributed by atoms with Crippen molar-refractivity contribution >= 4 is 0 Å². The summed E-state index contributed by atoms with van der Waals surface area (Å²) in [6.45, 7) is 5.30. The van der Waals surface area contributed by atoms with Gasteiger partial charge in [0, 0.05) is 6.04 Å². The van der Waals surface area contributed by atoms with Crippen LogP contribution in [0.4, 0.5) is 0 Å². The number of benzene rings is 2. The lowest BCUT2D eigenvalue weighted by atomic mass is 9.96. The van der Waals surface area contributed by atoms with E-state index in [-0.39, 0.29) is 0 Å². The molecule has 112 valence electrons. The largest absolute Gasteiger partial charge is 0.497 e. The van der Waals surface area contributed by atoms with Crippen molar-refractivity contribution < 1.29 is 4.74 Å². The Labute approximate surface area is 128 Å². The van der Waals surface area contributed by atoms with Crippen LogP contribution in [-0.4, -0.2) is 13.7 Å². The molecule has 1 unspecified atom stereocenters. The van der Waals surface area contributed by atoms with Gasteiger partial charge in [0.1, 0.15) is 5.75 Å². The first-order chi connectivity index (χ1) is 10.2. The fourth-order valence-corrected chi connectivity index (χ4v) is 2.69. The van der Waals surface area contributed by atoms with Crippen LogP contribution in [-0.2, 0) is 6.42 Å². The minimum Gasteiger partial charge on any atom is -0.497 e. The maximum Gasteiger partial charge on any atom is 0.119 e. The summed E-state index contributed by atoms with van der Waals surface area (Å²) in [5.41, 5.74) is 4.07. The van der Waals surface area contributed by atoms with Gasteiger partial charge in [-0.25, -0.2) is 0 Å². The molecule has 2 heteroatoms. The Hall–Kier alpha value is -1.80. The molecule has 0 spiro atoms. The molecule has 2 aromatic carbocycles. The summed E-state index contributed by atoms with van der Waals surface area (Å²) in [6.07, 6.45) is 2.17. The van der Waals surface area contributed by atoms with E-state index in [4.69, 9.17) is 4.74 Å². The van der Waals surface area contributed by atoms with E-state index < -0.39 is 0 Å². The van der Waals surface area contributed by atoms with Crippen LogP contribution in [0.5, 0.6) is 5.75 Å². The van der Waals surface area contributed by atoms with E-state index in [1.165, 1.54) is 16.7 Å². The normalized spacial score (nSPS) is 12.1. The van der Waals surface area contributed by atoms with Gasteiger partial charge in [0.15, 0.2) is 0 Å². The lowest BCUT2D eigenvalue weighted by Gasteiger charge is -2.19. The SMILES string of the molecule is CCNC(CCc1ccc(OC)cc1C)c1ccccc1. The zero-order chi connectivity index (χ0) is 15.1. The molecule has 0 aliphatic heterocycles. The average molecular weight is 283 g/mol. The van der Waals surface area contributed by atoms with Crippen molar-refractivity contribution in [3.63, 3.8) is 0 Å². The molecule has 0 aromatic heterocycles. The van der Waals surface area contributed by atoms with E-state index >= 15 is 0 Å². The van der Waals surface area contributed by atoms with Crippen LogP contribution in [0.3, 0.4) is 0 Å². The number of aryl methyl sites for hydroxylation is 2. The number of hydrogen-bond acceptors (Lipinski definition) is 2. The van der Waals surface area contributed by atoms with E-state index in [9.17, 15) is 0 Å². The molecule has 0 heterocycles. The highest BCUT2D eigenvalue weighted by Crippen LogP contribution is 2.22. The van der Waals surface area contributed by atoms with Crippen molar-refractivity contribution in [2.75, 3.05) is 13.7 Å². The third-order valence-electron chi connectivity index (χ3n) is 3.90. The molecule has 1 N–H and O–H groups in total. The molecule has 0 bridgehead atoms. The summed E-state index contributed by atoms with van der Waals surface area (Å²) in [5, 5.41) is 3.59. The Kier molecular flexibility index (Phi) is 5.82. The summed E-state index contributed by atoms with van der Waals surface area (Å²) in [4.78, 5) is 0. The first kappa shape index (κ1) is 15.6. The highest BCUT2D eigenvalue weighted by molar-refractivity contribution is 5.35. The minimum atomic E-state index is 0.415. The first-order valence-electron chi connectivity index (χ1n) is 7.66. The molecule has 21 heavy (non-hydrogen) atoms. The Morgan fingerprint density at radius 3 is 2.48 bits per heavy atom. The molecule has 0 saturated carbocycles. The monoisotopic (exact) mass is 283 g/mol. The van der Waals surface area contributed by atoms with Gasteiger partial charge in [0.25, 0.3) is 0 Å². The van der Waals surface area contributed by atoms with Crippen molar-refractivity contribution in [3.05, 3.63) is 65.2 Å². The van der Waals surface area contributed by atoms with Crippen LogP contribution < -0.4 is 10.1 Å². The number of hydrogen-bond donors (Lipinski definition) is 1. The van der Waals surface area contributed by atoms with E-state index in [1.54, 1.807) is 7.11 Å². The van der Waals surface area contributed by atoms with Crippen LogP contribution in [0, 0.1) is 6.92 Å². The maximum atomic E-state index is 5.27. The lowest BCUT2D eigenvalue weighted by Crippen LogP contribution is -2.21. The zero-order valence-corrected chi connectivity index (χ0v) is 13.2. The Balaban J connectivity index is 2.05. The van der Waals surface area contributed by atoms with Crippen molar-refractivity contribution in [2.45, 2.75) is 32.7 Å². The quantitative estimate of drug-likeness (QED) is 0.818. The van der Waals surface area contributed by atoms with Gasteiger partial charge >= 0.3 is 0 Å². The Morgan fingerprint density at radius 2 is 1.86 bits per heavy atom. The molecule has 0 amide bonds. The van der Waals surface area contributed by atoms with Gasteiger partial charge in [0.05, 0.1) is 7.11 Å². The summed E-state index contributed by atoms with van der Waals surface area (Å²) >= 11 is 0. The summed E-state index contributed by atoms with van der Waals surface area (Å²) in [5.74, 6) is 0.933. The highest BCUT2D eigenvalue weighted by atomic mass is 16.5. The molecule has 2 aromatic rings. The van der Waals surface area contributed by atoms with E-state index in [0.717, 1.165) is 25.1 Å². The number of nitrogens with one attached hydrogen (secondary N) is 1. The maximum absolute atomic E-state index is 5.27. The molecular formula is C19H25NO. The van der Waals surface area contributed by atoms with Gasteiger partial charge in [-0.3, -0.25) is 0 Å². The molecule has 0 aliphatic rings. The third-order valence-corrected chi connectivity index (χ3v) is 3.90. The van der Waals surface area contributed by atoms with E-state index in [2.05, 4.69) is 61.6 Å². The smallest absolute Gasteiger partial charge is 0.119 e. The van der Waals surface area contributed by atoms with Gasteiger partial charge in [-0.05, 0) is 55.1 Å². The third kappa shape index (κ3) is 4.33. The van der Waals surface area contributed by atoms with Crippen LogP contribution in [0.15, 0.2) is 48.5 Å². The zero-order valence-electron chi connectivity index (χ0n) is 13.2. The summed E-state index contributed by atoms with van der Waals surface area (Å²) < 4.78 is 5.27. The van der Waals surface area contributed by atoms with Crippen molar-refractivity contribution in [1.29, 1.82) is 0 Å². The van der Waals surface area contributed by atoms with E-state index in [1.807, 2.05) is 6.07 Å². The molecule has 0 radical (unpaired) electrons. The predicted octanol–water partition coefficient (Wildman–Crippen LogP) is 4.29. The Bertz CT molecular complexity index is 551. The first-order valence-corrected chi connectivity index (χ1v) is 7.66. The van der Waals surface area contributed by atoms with Crippen LogP contribution >= 0.6 is 0 Å². The summed E-state index contributed by atoms with van der Waals surface area (Å²) in [6, 6.07) is 17.5. The van der Waals surface area contributed by atoms with Crippen molar-refractivity contribution in [3.8, 4) is 5.75 Å². The van der Waals surface area contributed by atoms with Crippen molar-refractivity contribution in [1.82, 2.24) is 5.32 Å². The van der Waals surface area contributed by atoms with Gasteiger partial charge in [0.2, 0.25) is 0 Å². The van der Waals surface area contributed by atoms with Gasteiger partial charge in [-0.15, -0.1) is 0 Å². The number of methoxy groups -OCH3 is 1. The van der Waals surface area contributed by atoms with Gasteiger partial charge < -0.3 is 10.1 Å². The predicted molar refractivity (Wildman–Crippen MR) is 88.9 cm³/mol. The fourth-order valence-electron chi connectivity index (χ4n) is 2.69. The molecule has 1 atom stereocenters. The number of ether oxygens (including phenoxy) is 1. The van der Waals surface area contributed by atoms with Crippen molar-refractivity contribution in [2.24, 2.45) is 0 Å². The lowest BCUT2D eigenvalue weighted by molar-refractivity contribution is 0.414. The topological polar surface area (TPSA) is 21.3 Å². The second-order valence-electron chi connectivity index (χ2n) is 5.35. The van der Waals surface area contributed by atoms with Gasteiger partial charge in [-0.2, -0.15) is 0 Å². The van der Waals surface area contributed by atoms with Crippen LogP contribution in [0.2, 0.25) is 0 Å². The second-order valence-corrected chi connectivity index (χ2v) is 5.35. The fraction of sp³-hybridized carbons (Fsp3) is 0.368. The molecule has 2 nitrogen and oxygen atoms in total. The molecule has 0 saturated heterocycles. The molecule has 2 rings (SSSR count). The standard InChI is InChI=1S/C19H25NO/c1-4-20-19(17-8-6-5-7-9-17)13-11-16-10-12-18(21-3)14-15(16)2/h5-10,12,14,19-20H,4,11,13H2,1-3H3. The average Bonchev–Trinajstić information content (AvgIpc) is 2.53. The molecular weight excluding hydrogens is 258 g/mol. The summed E-state index contributed by atoms with van der Waals surface area (Å²) in [7, 11) is 1.71. The molecule has 0 aliphatic carbocycles. The van der Waals surface area contributed by atoms with Gasteiger partial charge in [-0.1, -0.05) is 43.3 Å². The second kappa shape index (κ2) is 7.84. The van der Waals surface area contributed by atoms with E-state index in [0.29, 0.717) is 6.04 Å².